The molecular formula is C14H26N2O. The molecule has 0 aliphatic heterocycles. The van der Waals surface area contributed by atoms with Crippen LogP contribution in [0.1, 0.15) is 58.3 Å². The summed E-state index contributed by atoms with van der Waals surface area (Å²) in [7, 11) is 0. The molecule has 0 heterocycles. The molecule has 2 rings (SSSR count). The van der Waals surface area contributed by atoms with E-state index in [0.29, 0.717) is 13.0 Å². The van der Waals surface area contributed by atoms with Crippen LogP contribution in [0.2, 0.25) is 0 Å². The lowest BCUT2D eigenvalue weighted by molar-refractivity contribution is -0.124. The van der Waals surface area contributed by atoms with Gasteiger partial charge in [-0.3, -0.25) is 4.79 Å². The Labute approximate surface area is 105 Å². The number of carbonyl (C=O) groups excluding carboxylic acids is 1. The largest absolute Gasteiger partial charge is 0.351 e. The van der Waals surface area contributed by atoms with Crippen LogP contribution in [0.25, 0.3) is 0 Å². The van der Waals surface area contributed by atoms with E-state index < -0.39 is 0 Å². The highest BCUT2D eigenvalue weighted by molar-refractivity contribution is 5.77. The van der Waals surface area contributed by atoms with Gasteiger partial charge in [-0.25, -0.2) is 0 Å². The SMILES string of the molecule is CCC1(NC(=O)CCN)CC2CCCC(C2)C1. The molecule has 0 saturated heterocycles. The maximum atomic E-state index is 11.8. The highest BCUT2D eigenvalue weighted by atomic mass is 16.1. The number of hydrogen-bond donors (Lipinski definition) is 2. The Morgan fingerprint density at radius 1 is 1.35 bits per heavy atom. The van der Waals surface area contributed by atoms with E-state index in [1.807, 2.05) is 0 Å². The molecule has 98 valence electrons. The lowest BCUT2D eigenvalue weighted by Crippen LogP contribution is -2.53. The summed E-state index contributed by atoms with van der Waals surface area (Å²) >= 11 is 0. The minimum absolute atomic E-state index is 0.0836. The number of hydrogen-bond acceptors (Lipinski definition) is 2. The van der Waals surface area contributed by atoms with Gasteiger partial charge < -0.3 is 11.1 Å². The summed E-state index contributed by atoms with van der Waals surface area (Å²) in [5.74, 6) is 1.84. The van der Waals surface area contributed by atoms with Crippen LogP contribution in [0.5, 0.6) is 0 Å². The van der Waals surface area contributed by atoms with Gasteiger partial charge >= 0.3 is 0 Å². The van der Waals surface area contributed by atoms with Crippen LogP contribution in [-0.2, 0) is 4.79 Å². The third kappa shape index (κ3) is 3.01. The standard InChI is InChI=1S/C14H26N2O/c1-2-14(16-13(17)6-7-15)9-11-4-3-5-12(8-11)10-14/h11-12H,2-10,15H2,1H3,(H,16,17). The first-order valence-electron chi connectivity index (χ1n) is 7.18. The molecule has 2 saturated carbocycles. The van der Waals surface area contributed by atoms with Gasteiger partial charge in [0.1, 0.15) is 0 Å². The van der Waals surface area contributed by atoms with Crippen LogP contribution >= 0.6 is 0 Å². The average molecular weight is 238 g/mol. The Hall–Kier alpha value is -0.570. The van der Waals surface area contributed by atoms with E-state index in [9.17, 15) is 4.79 Å². The normalized spacial score (nSPS) is 36.6. The first-order chi connectivity index (χ1) is 8.17. The van der Waals surface area contributed by atoms with Crippen molar-refractivity contribution in [2.24, 2.45) is 17.6 Å². The van der Waals surface area contributed by atoms with Crippen molar-refractivity contribution in [2.75, 3.05) is 6.54 Å². The monoisotopic (exact) mass is 238 g/mol. The van der Waals surface area contributed by atoms with E-state index in [1.165, 1.54) is 38.5 Å². The van der Waals surface area contributed by atoms with Crippen LogP contribution in [0, 0.1) is 11.8 Å². The second kappa shape index (κ2) is 5.38. The molecule has 2 aliphatic rings. The molecule has 2 aliphatic carbocycles. The van der Waals surface area contributed by atoms with Gasteiger partial charge in [0, 0.05) is 18.5 Å². The van der Waals surface area contributed by atoms with Crippen molar-refractivity contribution in [3.05, 3.63) is 0 Å². The number of rotatable bonds is 4. The fourth-order valence-electron chi connectivity index (χ4n) is 3.93. The smallest absolute Gasteiger partial charge is 0.221 e. The summed E-state index contributed by atoms with van der Waals surface area (Å²) in [5, 5.41) is 3.29. The van der Waals surface area contributed by atoms with Crippen LogP contribution in [0.15, 0.2) is 0 Å². The predicted octanol–water partition coefficient (Wildman–Crippen LogP) is 2.20. The van der Waals surface area contributed by atoms with Crippen LogP contribution in [0.3, 0.4) is 0 Å². The average Bonchev–Trinajstić information content (AvgIpc) is 2.28. The third-order valence-corrected chi connectivity index (χ3v) is 4.70. The molecule has 0 aromatic heterocycles. The second-order valence-electron chi connectivity index (χ2n) is 6.03. The van der Waals surface area contributed by atoms with E-state index in [4.69, 9.17) is 5.73 Å². The molecule has 2 unspecified atom stereocenters. The number of fused-ring (bicyclic) bond motifs is 2. The lowest BCUT2D eigenvalue weighted by Gasteiger charge is -2.47. The second-order valence-corrected chi connectivity index (χ2v) is 6.03. The molecule has 2 bridgehead atoms. The Bertz CT molecular complexity index is 265. The molecule has 3 nitrogen and oxygen atoms in total. The first kappa shape index (κ1) is 12.9. The summed E-state index contributed by atoms with van der Waals surface area (Å²) in [6, 6.07) is 0. The quantitative estimate of drug-likeness (QED) is 0.789. The van der Waals surface area contributed by atoms with E-state index in [-0.39, 0.29) is 11.4 Å². The van der Waals surface area contributed by atoms with Crippen molar-refractivity contribution in [1.29, 1.82) is 0 Å². The van der Waals surface area contributed by atoms with Gasteiger partial charge in [-0.1, -0.05) is 26.2 Å². The highest BCUT2D eigenvalue weighted by Crippen LogP contribution is 2.45. The Morgan fingerprint density at radius 2 is 2.00 bits per heavy atom. The zero-order valence-electron chi connectivity index (χ0n) is 11.0. The molecule has 2 atom stereocenters. The fraction of sp³-hybridized carbons (Fsp3) is 0.929. The van der Waals surface area contributed by atoms with E-state index in [1.54, 1.807) is 0 Å². The van der Waals surface area contributed by atoms with Crippen molar-refractivity contribution >= 4 is 5.91 Å². The maximum Gasteiger partial charge on any atom is 0.221 e. The van der Waals surface area contributed by atoms with Gasteiger partial charge in [-0.2, -0.15) is 0 Å². The van der Waals surface area contributed by atoms with Crippen molar-refractivity contribution in [1.82, 2.24) is 5.32 Å². The number of amides is 1. The third-order valence-electron chi connectivity index (χ3n) is 4.70. The van der Waals surface area contributed by atoms with Crippen molar-refractivity contribution < 1.29 is 4.79 Å². The zero-order chi connectivity index (χ0) is 12.3. The minimum atomic E-state index is 0.0836. The number of nitrogens with two attached hydrogens (primary N) is 1. The van der Waals surface area contributed by atoms with E-state index in [2.05, 4.69) is 12.2 Å². The Morgan fingerprint density at radius 3 is 2.53 bits per heavy atom. The maximum absolute atomic E-state index is 11.8. The summed E-state index contributed by atoms with van der Waals surface area (Å²) < 4.78 is 0. The molecule has 1 amide bonds. The van der Waals surface area contributed by atoms with Gasteiger partial charge in [0.05, 0.1) is 0 Å². The van der Waals surface area contributed by atoms with Crippen molar-refractivity contribution in [2.45, 2.75) is 63.8 Å². The molecule has 0 aromatic carbocycles. The Kier molecular flexibility index (Phi) is 4.08. The van der Waals surface area contributed by atoms with Gasteiger partial charge in [0.15, 0.2) is 0 Å². The van der Waals surface area contributed by atoms with Crippen molar-refractivity contribution in [3.8, 4) is 0 Å². The molecule has 0 aromatic rings. The summed E-state index contributed by atoms with van der Waals surface area (Å²) in [5.41, 5.74) is 5.53. The lowest BCUT2D eigenvalue weighted by atomic mass is 9.64. The number of nitrogens with one attached hydrogen (secondary N) is 1. The zero-order valence-corrected chi connectivity index (χ0v) is 11.0. The molecular weight excluding hydrogens is 212 g/mol. The van der Waals surface area contributed by atoms with Gasteiger partial charge in [0.2, 0.25) is 5.91 Å². The summed E-state index contributed by atoms with van der Waals surface area (Å²) in [4.78, 5) is 11.8. The molecule has 2 fully saturated rings. The summed E-state index contributed by atoms with van der Waals surface area (Å²) in [6.07, 6.45) is 9.44. The first-order valence-corrected chi connectivity index (χ1v) is 7.18. The molecule has 0 spiro atoms. The molecule has 3 heteroatoms. The molecule has 0 radical (unpaired) electrons. The Balaban J connectivity index is 2.01. The molecule has 17 heavy (non-hydrogen) atoms. The van der Waals surface area contributed by atoms with Gasteiger partial charge in [0.25, 0.3) is 0 Å². The van der Waals surface area contributed by atoms with E-state index >= 15 is 0 Å². The van der Waals surface area contributed by atoms with Gasteiger partial charge in [-0.05, 0) is 37.5 Å². The van der Waals surface area contributed by atoms with Crippen LogP contribution in [-0.4, -0.2) is 18.0 Å². The van der Waals surface area contributed by atoms with Crippen molar-refractivity contribution in [3.63, 3.8) is 0 Å². The van der Waals surface area contributed by atoms with Crippen LogP contribution in [0.4, 0.5) is 0 Å². The highest BCUT2D eigenvalue weighted by Gasteiger charge is 2.41. The summed E-state index contributed by atoms with van der Waals surface area (Å²) in [6.45, 7) is 2.67. The number of carbonyl (C=O) groups is 1. The predicted molar refractivity (Wildman–Crippen MR) is 69.5 cm³/mol. The topological polar surface area (TPSA) is 55.1 Å². The molecule has 3 N–H and O–H groups in total. The fourth-order valence-corrected chi connectivity index (χ4v) is 3.93. The van der Waals surface area contributed by atoms with E-state index in [0.717, 1.165) is 18.3 Å². The minimum Gasteiger partial charge on any atom is -0.351 e. The van der Waals surface area contributed by atoms with Gasteiger partial charge in [-0.15, -0.1) is 0 Å². The van der Waals surface area contributed by atoms with Crippen LogP contribution < -0.4 is 11.1 Å².